The van der Waals surface area contributed by atoms with Gasteiger partial charge in [0.25, 0.3) is 5.91 Å². The van der Waals surface area contributed by atoms with Crippen molar-refractivity contribution in [3.8, 4) is 11.5 Å². The van der Waals surface area contributed by atoms with Crippen LogP contribution in [0.5, 0.6) is 11.5 Å². The maximum atomic E-state index is 12.3. The molecule has 1 unspecified atom stereocenters. The summed E-state index contributed by atoms with van der Waals surface area (Å²) in [6, 6.07) is 14.9. The van der Waals surface area contributed by atoms with Crippen LogP contribution < -0.4 is 14.8 Å². The third-order valence-corrected chi connectivity index (χ3v) is 4.66. The molecule has 0 saturated heterocycles. The number of rotatable bonds is 4. The first kappa shape index (κ1) is 16.7. The van der Waals surface area contributed by atoms with Crippen molar-refractivity contribution in [2.45, 2.75) is 12.6 Å². The fourth-order valence-corrected chi connectivity index (χ4v) is 3.20. The van der Waals surface area contributed by atoms with Crippen LogP contribution in [0.2, 0.25) is 0 Å². The average molecular weight is 414 g/mol. The number of hydrogen-bond donors (Lipinski definition) is 1. The van der Waals surface area contributed by atoms with E-state index in [1.165, 1.54) is 0 Å². The lowest BCUT2D eigenvalue weighted by molar-refractivity contribution is 0.0759. The Morgan fingerprint density at radius 3 is 2.81 bits per heavy atom. The minimum absolute atomic E-state index is 0.142. The van der Waals surface area contributed by atoms with Gasteiger partial charge in [-0.25, -0.2) is 0 Å². The summed E-state index contributed by atoms with van der Waals surface area (Å²) in [4.78, 5) is 12.3. The lowest BCUT2D eigenvalue weighted by atomic mass is 10.2. The number of nitrogens with zero attached hydrogens (tertiary/aromatic N) is 2. The zero-order valence-corrected chi connectivity index (χ0v) is 15.3. The zero-order valence-electron chi connectivity index (χ0n) is 13.8. The fraction of sp³-hybridized carbons (Fsp3) is 0.158. The summed E-state index contributed by atoms with van der Waals surface area (Å²) < 4.78 is 14.1. The highest BCUT2D eigenvalue weighted by atomic mass is 79.9. The molecule has 26 heavy (non-hydrogen) atoms. The van der Waals surface area contributed by atoms with Gasteiger partial charge >= 0.3 is 0 Å². The number of hydrogen-bond acceptors (Lipinski definition) is 4. The molecule has 6 nitrogen and oxygen atoms in total. The number of para-hydroxylation sites is 2. The van der Waals surface area contributed by atoms with Crippen LogP contribution in [0.25, 0.3) is 0 Å². The fourth-order valence-electron chi connectivity index (χ4n) is 2.73. The van der Waals surface area contributed by atoms with E-state index in [0.29, 0.717) is 24.4 Å². The first-order valence-electron chi connectivity index (χ1n) is 8.16. The number of carbonyl (C=O) groups excluding carboxylic acids is 1. The third-order valence-electron chi connectivity index (χ3n) is 3.97. The van der Waals surface area contributed by atoms with Crippen molar-refractivity contribution in [1.29, 1.82) is 0 Å². The maximum Gasteiger partial charge on any atom is 0.256 e. The molecule has 0 radical (unpaired) electrons. The van der Waals surface area contributed by atoms with Crippen LogP contribution in [0.15, 0.2) is 65.4 Å². The number of amides is 1. The van der Waals surface area contributed by atoms with Crippen LogP contribution in [0, 0.1) is 0 Å². The first-order valence-corrected chi connectivity index (χ1v) is 8.95. The van der Waals surface area contributed by atoms with Gasteiger partial charge in [0.2, 0.25) is 0 Å². The molecule has 3 aromatic rings. The second kappa shape index (κ2) is 7.21. The lowest BCUT2D eigenvalue weighted by Crippen LogP contribution is -2.33. The highest BCUT2D eigenvalue weighted by Crippen LogP contribution is 2.31. The van der Waals surface area contributed by atoms with Crippen molar-refractivity contribution in [2.24, 2.45) is 0 Å². The van der Waals surface area contributed by atoms with E-state index in [9.17, 15) is 4.79 Å². The van der Waals surface area contributed by atoms with E-state index in [1.807, 2.05) is 42.5 Å². The third kappa shape index (κ3) is 3.57. The number of ether oxygens (including phenoxy) is 2. The van der Waals surface area contributed by atoms with Gasteiger partial charge in [-0.05, 0) is 40.2 Å². The lowest BCUT2D eigenvalue weighted by Gasteiger charge is -2.26. The summed E-state index contributed by atoms with van der Waals surface area (Å²) in [5, 5.41) is 7.14. The number of aromatic nitrogens is 2. The largest absolute Gasteiger partial charge is 0.486 e. The Balaban J connectivity index is 1.40. The molecule has 132 valence electrons. The second-order valence-corrected chi connectivity index (χ2v) is 6.74. The average Bonchev–Trinajstić information content (AvgIpc) is 3.08. The van der Waals surface area contributed by atoms with Crippen LogP contribution in [-0.2, 0) is 6.54 Å². The summed E-state index contributed by atoms with van der Waals surface area (Å²) in [5.74, 6) is 1.30. The molecule has 2 aromatic carbocycles. The summed E-state index contributed by atoms with van der Waals surface area (Å²) in [6.07, 6.45) is 3.25. The van der Waals surface area contributed by atoms with Gasteiger partial charge in [0, 0.05) is 10.7 Å². The smallest absolute Gasteiger partial charge is 0.256 e. The van der Waals surface area contributed by atoms with Crippen LogP contribution in [-0.4, -0.2) is 28.4 Å². The SMILES string of the molecule is O=C(Nc1cnn(CC2COc3ccccc3O2)c1)c1ccccc1Br. The maximum absolute atomic E-state index is 12.3. The van der Waals surface area contributed by atoms with E-state index < -0.39 is 0 Å². The Bertz CT molecular complexity index is 941. The van der Waals surface area contributed by atoms with Gasteiger partial charge in [-0.1, -0.05) is 24.3 Å². The van der Waals surface area contributed by atoms with Crippen molar-refractivity contribution in [2.75, 3.05) is 11.9 Å². The summed E-state index contributed by atoms with van der Waals surface area (Å²) >= 11 is 3.38. The van der Waals surface area contributed by atoms with Gasteiger partial charge in [0.15, 0.2) is 17.6 Å². The molecule has 0 bridgehead atoms. The summed E-state index contributed by atoms with van der Waals surface area (Å²) in [6.45, 7) is 0.981. The number of fused-ring (bicyclic) bond motifs is 1. The molecule has 1 aromatic heterocycles. The highest BCUT2D eigenvalue weighted by Gasteiger charge is 2.21. The van der Waals surface area contributed by atoms with Crippen LogP contribution in [0.3, 0.4) is 0 Å². The van der Waals surface area contributed by atoms with E-state index >= 15 is 0 Å². The van der Waals surface area contributed by atoms with Gasteiger partial charge < -0.3 is 14.8 Å². The van der Waals surface area contributed by atoms with Crippen LogP contribution in [0.1, 0.15) is 10.4 Å². The predicted molar refractivity (Wildman–Crippen MR) is 101 cm³/mol. The van der Waals surface area contributed by atoms with Crippen molar-refractivity contribution < 1.29 is 14.3 Å². The van der Waals surface area contributed by atoms with Crippen LogP contribution in [0.4, 0.5) is 5.69 Å². The van der Waals surface area contributed by atoms with Gasteiger partial charge in [0.1, 0.15) is 6.61 Å². The minimum Gasteiger partial charge on any atom is -0.486 e. The van der Waals surface area contributed by atoms with Crippen molar-refractivity contribution in [3.63, 3.8) is 0 Å². The van der Waals surface area contributed by atoms with Crippen LogP contribution >= 0.6 is 15.9 Å². The minimum atomic E-state index is -0.191. The molecule has 0 fully saturated rings. The van der Waals surface area contributed by atoms with E-state index in [4.69, 9.17) is 9.47 Å². The molecular formula is C19H16BrN3O3. The standard InChI is InChI=1S/C19H16BrN3O3/c20-16-6-2-1-5-15(16)19(24)22-13-9-21-23(10-13)11-14-12-25-17-7-3-4-8-18(17)26-14/h1-10,14H,11-12H2,(H,22,24). The molecule has 0 saturated carbocycles. The molecule has 1 atom stereocenters. The molecule has 0 aliphatic carbocycles. The quantitative estimate of drug-likeness (QED) is 0.707. The summed E-state index contributed by atoms with van der Waals surface area (Å²) in [7, 11) is 0. The van der Waals surface area contributed by atoms with Crippen molar-refractivity contribution in [1.82, 2.24) is 9.78 Å². The Labute approximate surface area is 158 Å². The van der Waals surface area contributed by atoms with Gasteiger partial charge in [-0.15, -0.1) is 0 Å². The van der Waals surface area contributed by atoms with Gasteiger partial charge in [0.05, 0.1) is 24.0 Å². The topological polar surface area (TPSA) is 65.4 Å². The number of anilines is 1. The molecule has 1 amide bonds. The normalized spacial score (nSPS) is 15.5. The number of carbonyl (C=O) groups is 1. The van der Waals surface area contributed by atoms with Gasteiger partial charge in [-0.3, -0.25) is 9.48 Å². The van der Waals surface area contributed by atoms with E-state index in [0.717, 1.165) is 16.0 Å². The first-order chi connectivity index (χ1) is 12.7. The summed E-state index contributed by atoms with van der Waals surface area (Å²) in [5.41, 5.74) is 1.20. The highest BCUT2D eigenvalue weighted by molar-refractivity contribution is 9.10. The molecule has 1 aliphatic heterocycles. The van der Waals surface area contributed by atoms with E-state index in [2.05, 4.69) is 26.3 Å². The predicted octanol–water partition coefficient (Wildman–Crippen LogP) is 3.74. The van der Waals surface area contributed by atoms with Crippen molar-refractivity contribution >= 4 is 27.5 Å². The molecular weight excluding hydrogens is 398 g/mol. The number of halogens is 1. The van der Waals surface area contributed by atoms with E-state index in [1.54, 1.807) is 23.1 Å². The Hall–Kier alpha value is -2.80. The molecule has 1 N–H and O–H groups in total. The molecule has 4 rings (SSSR count). The van der Waals surface area contributed by atoms with E-state index in [-0.39, 0.29) is 12.0 Å². The Morgan fingerprint density at radius 2 is 1.96 bits per heavy atom. The molecule has 0 spiro atoms. The zero-order chi connectivity index (χ0) is 17.9. The monoisotopic (exact) mass is 413 g/mol. The number of nitrogens with one attached hydrogen (secondary N) is 1. The van der Waals surface area contributed by atoms with Crippen molar-refractivity contribution in [3.05, 3.63) is 71.0 Å². The Morgan fingerprint density at radius 1 is 1.19 bits per heavy atom. The number of benzene rings is 2. The van der Waals surface area contributed by atoms with Gasteiger partial charge in [-0.2, -0.15) is 5.10 Å². The Kier molecular flexibility index (Phi) is 4.62. The molecule has 1 aliphatic rings. The second-order valence-electron chi connectivity index (χ2n) is 5.88. The molecule has 2 heterocycles. The molecule has 7 heteroatoms.